The Morgan fingerprint density at radius 2 is 2.00 bits per heavy atom. The molecule has 1 heterocycles. The number of rotatable bonds is 2. The van der Waals surface area contributed by atoms with Crippen molar-refractivity contribution in [3.05, 3.63) is 44.9 Å². The molecule has 0 saturated heterocycles. The van der Waals surface area contributed by atoms with Crippen LogP contribution in [0.15, 0.2) is 18.2 Å². The molecule has 4 rings (SSSR count). The fourth-order valence-corrected chi connectivity index (χ4v) is 6.68. The lowest BCUT2D eigenvalue weighted by molar-refractivity contribution is -0.205. The van der Waals surface area contributed by atoms with Crippen LogP contribution in [0, 0.1) is 19.8 Å². The van der Waals surface area contributed by atoms with E-state index in [1.54, 1.807) is 13.0 Å². The number of hydrogen-bond acceptors (Lipinski definition) is 5. The second kappa shape index (κ2) is 6.03. The van der Waals surface area contributed by atoms with E-state index >= 15 is 0 Å². The summed E-state index contributed by atoms with van der Waals surface area (Å²) in [6, 6.07) is 5.65. The van der Waals surface area contributed by atoms with E-state index in [2.05, 4.69) is 11.9 Å². The van der Waals surface area contributed by atoms with Crippen LogP contribution < -0.4 is 0 Å². The molecule has 2 aromatic rings. The van der Waals surface area contributed by atoms with Gasteiger partial charge in [0.05, 0.1) is 11.3 Å². The molecule has 0 aliphatic heterocycles. The smallest absolute Gasteiger partial charge is 0.144 e. The monoisotopic (exact) mass is 387 g/mol. The van der Waals surface area contributed by atoms with E-state index in [0.29, 0.717) is 23.6 Å². The molecule has 1 fully saturated rings. The number of fused-ring (bicyclic) bond motifs is 3. The third-order valence-electron chi connectivity index (χ3n) is 7.27. The van der Waals surface area contributed by atoms with Gasteiger partial charge in [-0.3, -0.25) is 0 Å². The third kappa shape index (κ3) is 2.59. The largest absolute Gasteiger partial charge is 0.508 e. The summed E-state index contributed by atoms with van der Waals surface area (Å²) in [6.07, 6.45) is 3.75. The number of nitrogens with zero attached hydrogens (tertiary/aromatic N) is 1. The van der Waals surface area contributed by atoms with Crippen LogP contribution in [-0.2, 0) is 17.4 Å². The zero-order valence-electron chi connectivity index (χ0n) is 16.5. The van der Waals surface area contributed by atoms with Gasteiger partial charge in [-0.2, -0.15) is 0 Å². The van der Waals surface area contributed by atoms with Gasteiger partial charge in [0.15, 0.2) is 0 Å². The van der Waals surface area contributed by atoms with Crippen molar-refractivity contribution in [3.63, 3.8) is 0 Å². The average molecular weight is 388 g/mol. The van der Waals surface area contributed by atoms with Gasteiger partial charge in [0, 0.05) is 10.3 Å². The van der Waals surface area contributed by atoms with Gasteiger partial charge >= 0.3 is 0 Å². The fraction of sp³-hybridized carbons (Fsp3) is 0.591. The summed E-state index contributed by atoms with van der Waals surface area (Å²) in [4.78, 5) is 5.71. The summed E-state index contributed by atoms with van der Waals surface area (Å²) < 4.78 is 0. The number of hydrogen-bond donors (Lipinski definition) is 3. The Balaban J connectivity index is 1.83. The number of benzene rings is 1. The first-order valence-corrected chi connectivity index (χ1v) is 10.7. The maximum Gasteiger partial charge on any atom is 0.144 e. The van der Waals surface area contributed by atoms with Crippen molar-refractivity contribution in [2.45, 2.75) is 76.4 Å². The summed E-state index contributed by atoms with van der Waals surface area (Å²) in [7, 11) is 0. The van der Waals surface area contributed by atoms with Crippen molar-refractivity contribution in [3.8, 4) is 5.75 Å². The van der Waals surface area contributed by atoms with Crippen LogP contribution in [0.4, 0.5) is 0 Å². The Labute approximate surface area is 164 Å². The molecule has 0 radical (unpaired) electrons. The van der Waals surface area contributed by atoms with E-state index in [4.69, 9.17) is 0 Å². The van der Waals surface area contributed by atoms with E-state index in [1.165, 1.54) is 22.5 Å². The fourth-order valence-electron chi connectivity index (χ4n) is 5.54. The predicted octanol–water partition coefficient (Wildman–Crippen LogP) is 4.11. The van der Waals surface area contributed by atoms with E-state index in [0.717, 1.165) is 29.8 Å². The highest BCUT2D eigenvalue weighted by Gasteiger charge is 2.62. The summed E-state index contributed by atoms with van der Waals surface area (Å²) in [5, 5.41) is 33.8. The number of phenols is 1. The molecule has 0 amide bonds. The minimum atomic E-state index is -1.32. The molecule has 4 atom stereocenters. The summed E-state index contributed by atoms with van der Waals surface area (Å²) >= 11 is 1.50. The number of aromatic hydroxyl groups is 1. The lowest BCUT2D eigenvalue weighted by Gasteiger charge is -2.58. The summed E-state index contributed by atoms with van der Waals surface area (Å²) in [6.45, 7) is 7.90. The van der Waals surface area contributed by atoms with Crippen LogP contribution in [0.5, 0.6) is 5.75 Å². The lowest BCUT2D eigenvalue weighted by Crippen LogP contribution is -2.62. The van der Waals surface area contributed by atoms with Gasteiger partial charge in [0.1, 0.15) is 16.4 Å². The number of aromatic nitrogens is 1. The van der Waals surface area contributed by atoms with Crippen LogP contribution in [0.25, 0.3) is 0 Å². The van der Waals surface area contributed by atoms with Crippen LogP contribution in [-0.4, -0.2) is 25.9 Å². The van der Waals surface area contributed by atoms with Gasteiger partial charge in [-0.15, -0.1) is 11.3 Å². The van der Waals surface area contributed by atoms with Gasteiger partial charge in [-0.1, -0.05) is 13.0 Å². The lowest BCUT2D eigenvalue weighted by atomic mass is 9.49. The van der Waals surface area contributed by atoms with Crippen LogP contribution >= 0.6 is 11.3 Å². The van der Waals surface area contributed by atoms with Crippen molar-refractivity contribution in [2.75, 3.05) is 0 Å². The number of aliphatic hydroxyl groups is 2. The Hall–Kier alpha value is -1.43. The highest BCUT2D eigenvalue weighted by Crippen LogP contribution is 2.60. The predicted molar refractivity (Wildman–Crippen MR) is 107 cm³/mol. The molecule has 0 bridgehead atoms. The van der Waals surface area contributed by atoms with Crippen molar-refractivity contribution in [1.82, 2.24) is 4.98 Å². The van der Waals surface area contributed by atoms with Gasteiger partial charge < -0.3 is 15.3 Å². The first kappa shape index (κ1) is 18.9. The highest BCUT2D eigenvalue weighted by atomic mass is 32.1. The van der Waals surface area contributed by atoms with Gasteiger partial charge in [0.2, 0.25) is 0 Å². The molecule has 0 spiro atoms. The zero-order chi connectivity index (χ0) is 19.6. The Bertz CT molecular complexity index is 870. The Morgan fingerprint density at radius 3 is 2.63 bits per heavy atom. The van der Waals surface area contributed by atoms with Gasteiger partial charge in [0.25, 0.3) is 0 Å². The van der Waals surface area contributed by atoms with Crippen molar-refractivity contribution in [1.29, 1.82) is 0 Å². The first-order chi connectivity index (χ1) is 12.6. The maximum absolute atomic E-state index is 11.7. The van der Waals surface area contributed by atoms with Crippen LogP contribution in [0.3, 0.4) is 0 Å². The molecular weight excluding hydrogens is 358 g/mol. The van der Waals surface area contributed by atoms with Gasteiger partial charge in [-0.05, 0) is 82.1 Å². The van der Waals surface area contributed by atoms with Gasteiger partial charge in [-0.25, -0.2) is 4.98 Å². The number of thiazole rings is 1. The number of phenolic OH excluding ortho intramolecular Hbond substituents is 1. The van der Waals surface area contributed by atoms with E-state index in [-0.39, 0.29) is 11.3 Å². The number of aryl methyl sites for hydroxylation is 3. The summed E-state index contributed by atoms with van der Waals surface area (Å²) in [5.74, 6) is 0.570. The molecule has 27 heavy (non-hydrogen) atoms. The standard InChI is InChI=1S/C22H29NO3S/c1-5-21-12-20(4,25)22(26,19-23-13(2)14(3)27-19)11-16(21)7-6-15-10-17(24)8-9-18(15)21/h8-10,16,24-26H,5-7,11-12H2,1-4H3. The third-order valence-corrected chi connectivity index (χ3v) is 8.50. The molecule has 5 heteroatoms. The zero-order valence-corrected chi connectivity index (χ0v) is 17.4. The molecule has 1 aromatic heterocycles. The van der Waals surface area contributed by atoms with E-state index in [9.17, 15) is 15.3 Å². The normalized spacial score (nSPS) is 35.6. The molecule has 2 aliphatic carbocycles. The second-order valence-corrected chi connectivity index (χ2v) is 9.97. The Kier molecular flexibility index (Phi) is 4.22. The minimum Gasteiger partial charge on any atom is -0.508 e. The van der Waals surface area contributed by atoms with E-state index in [1.807, 2.05) is 26.0 Å². The molecule has 4 unspecified atom stereocenters. The summed E-state index contributed by atoms with van der Waals surface area (Å²) in [5.41, 5.74) is 0.550. The maximum atomic E-state index is 11.7. The van der Waals surface area contributed by atoms with Crippen molar-refractivity contribution in [2.24, 2.45) is 5.92 Å². The topological polar surface area (TPSA) is 73.6 Å². The molecule has 3 N–H and O–H groups in total. The highest BCUT2D eigenvalue weighted by molar-refractivity contribution is 7.11. The minimum absolute atomic E-state index is 0.182. The SMILES string of the molecule is CCC12CC(C)(O)C(O)(c3nc(C)c(C)s3)CC1CCc1cc(O)ccc12. The molecular formula is C22H29NO3S. The second-order valence-electron chi connectivity index (χ2n) is 8.76. The molecule has 2 aliphatic rings. The van der Waals surface area contributed by atoms with Crippen LogP contribution in [0.1, 0.15) is 66.2 Å². The molecule has 1 aromatic carbocycles. The van der Waals surface area contributed by atoms with Crippen molar-refractivity contribution < 1.29 is 15.3 Å². The van der Waals surface area contributed by atoms with Crippen molar-refractivity contribution >= 4 is 11.3 Å². The first-order valence-electron chi connectivity index (χ1n) is 9.84. The molecule has 1 saturated carbocycles. The molecule has 146 valence electrons. The molecule has 4 nitrogen and oxygen atoms in total. The van der Waals surface area contributed by atoms with Crippen LogP contribution in [0.2, 0.25) is 0 Å². The van der Waals surface area contributed by atoms with E-state index < -0.39 is 11.2 Å². The Morgan fingerprint density at radius 1 is 1.26 bits per heavy atom. The quantitative estimate of drug-likeness (QED) is 0.725. The average Bonchev–Trinajstić information content (AvgIpc) is 2.95.